The molecule has 7 nitrogen and oxygen atoms in total. The first-order valence-electron chi connectivity index (χ1n) is 10.7. The molecule has 0 fully saturated rings. The molecule has 1 aliphatic rings. The van der Waals surface area contributed by atoms with Crippen LogP contribution in [-0.2, 0) is 11.3 Å². The third-order valence-corrected chi connectivity index (χ3v) is 6.63. The number of aromatic nitrogens is 1. The van der Waals surface area contributed by atoms with Crippen LogP contribution in [-0.4, -0.2) is 47.2 Å². The molecule has 0 spiro atoms. The zero-order valence-corrected chi connectivity index (χ0v) is 19.3. The van der Waals surface area contributed by atoms with Gasteiger partial charge in [-0.25, -0.2) is 9.99 Å². The second-order valence-corrected chi connectivity index (χ2v) is 9.11. The molecule has 0 aliphatic carbocycles. The summed E-state index contributed by atoms with van der Waals surface area (Å²) in [7, 11) is 3.57. The van der Waals surface area contributed by atoms with Gasteiger partial charge in [0.15, 0.2) is 0 Å². The lowest BCUT2D eigenvalue weighted by Crippen LogP contribution is -2.36. The summed E-state index contributed by atoms with van der Waals surface area (Å²) in [6.07, 6.45) is 2.22. The molecule has 0 N–H and O–H groups in total. The first-order valence-corrected chi connectivity index (χ1v) is 11.5. The van der Waals surface area contributed by atoms with Gasteiger partial charge in [0, 0.05) is 6.42 Å². The SMILES string of the molecule is COc1ccc(C2=NN(C(=O)CN(C)Cc3nc4ccccc4s3)[C@H](c3ccco3)C2)cc1. The fourth-order valence-electron chi connectivity index (χ4n) is 3.98. The van der Waals surface area contributed by atoms with Crippen LogP contribution in [0.25, 0.3) is 10.2 Å². The van der Waals surface area contributed by atoms with Crippen molar-refractivity contribution in [2.75, 3.05) is 20.7 Å². The number of hydrogen-bond donors (Lipinski definition) is 0. The van der Waals surface area contributed by atoms with E-state index < -0.39 is 0 Å². The van der Waals surface area contributed by atoms with E-state index in [1.54, 1.807) is 29.7 Å². The normalized spacial score (nSPS) is 15.9. The van der Waals surface area contributed by atoms with E-state index in [-0.39, 0.29) is 18.5 Å². The molecule has 4 aromatic rings. The molecule has 1 amide bonds. The van der Waals surface area contributed by atoms with Crippen molar-refractivity contribution in [2.24, 2.45) is 5.10 Å². The van der Waals surface area contributed by atoms with E-state index in [9.17, 15) is 4.79 Å². The molecule has 168 valence electrons. The van der Waals surface area contributed by atoms with Crippen LogP contribution in [0, 0.1) is 0 Å². The molecular formula is C25H24N4O3S. The highest BCUT2D eigenvalue weighted by Crippen LogP contribution is 2.33. The number of benzene rings is 2. The summed E-state index contributed by atoms with van der Waals surface area (Å²) >= 11 is 1.65. The van der Waals surface area contributed by atoms with Crippen molar-refractivity contribution >= 4 is 33.2 Å². The average Bonchev–Trinajstić information content (AvgIpc) is 3.57. The second-order valence-electron chi connectivity index (χ2n) is 8.00. The van der Waals surface area contributed by atoms with E-state index in [2.05, 4.69) is 11.1 Å². The smallest absolute Gasteiger partial charge is 0.257 e. The number of carbonyl (C=O) groups is 1. The predicted octanol–water partition coefficient (Wildman–Crippen LogP) is 4.71. The van der Waals surface area contributed by atoms with Gasteiger partial charge in [0.1, 0.15) is 22.6 Å². The highest BCUT2D eigenvalue weighted by molar-refractivity contribution is 7.18. The van der Waals surface area contributed by atoms with Crippen LogP contribution in [0.2, 0.25) is 0 Å². The van der Waals surface area contributed by atoms with Crippen LogP contribution in [0.5, 0.6) is 5.75 Å². The van der Waals surface area contributed by atoms with Gasteiger partial charge in [0.05, 0.1) is 42.4 Å². The van der Waals surface area contributed by atoms with E-state index in [0.29, 0.717) is 13.0 Å². The Morgan fingerprint density at radius 2 is 2.00 bits per heavy atom. The van der Waals surface area contributed by atoms with Gasteiger partial charge < -0.3 is 9.15 Å². The predicted molar refractivity (Wildman–Crippen MR) is 128 cm³/mol. The Kier molecular flexibility index (Phi) is 5.93. The second kappa shape index (κ2) is 9.17. The lowest BCUT2D eigenvalue weighted by molar-refractivity contribution is -0.134. The number of hydrazone groups is 1. The third kappa shape index (κ3) is 4.53. The molecule has 0 saturated carbocycles. The summed E-state index contributed by atoms with van der Waals surface area (Å²) in [4.78, 5) is 19.9. The Morgan fingerprint density at radius 1 is 1.18 bits per heavy atom. The van der Waals surface area contributed by atoms with Gasteiger partial charge in [-0.1, -0.05) is 12.1 Å². The summed E-state index contributed by atoms with van der Waals surface area (Å²) in [5, 5.41) is 7.25. The molecule has 1 atom stereocenters. The fraction of sp³-hybridized carbons (Fsp3) is 0.240. The van der Waals surface area contributed by atoms with Gasteiger partial charge in [-0.15, -0.1) is 11.3 Å². The number of methoxy groups -OCH3 is 1. The topological polar surface area (TPSA) is 71.2 Å². The first kappa shape index (κ1) is 21.4. The molecule has 8 heteroatoms. The van der Waals surface area contributed by atoms with Gasteiger partial charge in [-0.3, -0.25) is 9.69 Å². The molecule has 0 unspecified atom stereocenters. The van der Waals surface area contributed by atoms with E-state index in [1.165, 1.54) is 0 Å². The van der Waals surface area contributed by atoms with E-state index in [0.717, 1.165) is 38.0 Å². The number of hydrogen-bond acceptors (Lipinski definition) is 7. The number of ether oxygens (including phenoxy) is 1. The Labute approximate surface area is 195 Å². The van der Waals surface area contributed by atoms with Crippen LogP contribution < -0.4 is 4.74 Å². The Bertz CT molecular complexity index is 1250. The monoisotopic (exact) mass is 460 g/mol. The maximum Gasteiger partial charge on any atom is 0.257 e. The number of rotatable bonds is 7. The van der Waals surface area contributed by atoms with Gasteiger partial charge in [-0.2, -0.15) is 5.10 Å². The zero-order valence-electron chi connectivity index (χ0n) is 18.5. The summed E-state index contributed by atoms with van der Waals surface area (Å²) in [6, 6.07) is 19.3. The number of para-hydroxylation sites is 1. The molecule has 2 aromatic carbocycles. The number of thiazole rings is 1. The number of likely N-dealkylation sites (N-methyl/N-ethyl adjacent to an activating group) is 1. The minimum absolute atomic E-state index is 0.0801. The van der Waals surface area contributed by atoms with Crippen LogP contribution in [0.15, 0.2) is 76.4 Å². The maximum atomic E-state index is 13.3. The lowest BCUT2D eigenvalue weighted by Gasteiger charge is -2.22. The van der Waals surface area contributed by atoms with Crippen LogP contribution >= 0.6 is 11.3 Å². The number of fused-ring (bicyclic) bond motifs is 1. The molecular weight excluding hydrogens is 436 g/mol. The quantitative estimate of drug-likeness (QED) is 0.400. The summed E-state index contributed by atoms with van der Waals surface area (Å²) in [5.74, 6) is 1.43. The number of furan rings is 1. The third-order valence-electron chi connectivity index (χ3n) is 5.61. The molecule has 33 heavy (non-hydrogen) atoms. The standard InChI is InChI=1S/C25H24N4O3S/c1-28(15-24-26-19-6-3-4-8-23(19)33-24)16-25(30)29-21(22-7-5-13-32-22)14-20(27-29)17-9-11-18(31-2)12-10-17/h3-13,21H,14-16H2,1-2H3/t21-/m0/s1. The zero-order chi connectivity index (χ0) is 22.8. The number of amides is 1. The van der Waals surface area contributed by atoms with Crippen LogP contribution in [0.1, 0.15) is 28.8 Å². The molecule has 0 saturated heterocycles. The first-order chi connectivity index (χ1) is 16.1. The molecule has 0 bridgehead atoms. The van der Waals surface area contributed by atoms with Gasteiger partial charge in [0.25, 0.3) is 5.91 Å². The minimum Gasteiger partial charge on any atom is -0.497 e. The Hall–Kier alpha value is -3.49. The fourth-order valence-corrected chi connectivity index (χ4v) is 5.03. The molecule has 5 rings (SSSR count). The van der Waals surface area contributed by atoms with E-state index >= 15 is 0 Å². The van der Waals surface area contributed by atoms with E-state index in [4.69, 9.17) is 14.3 Å². The van der Waals surface area contributed by atoms with Crippen molar-refractivity contribution in [1.82, 2.24) is 14.9 Å². The summed E-state index contributed by atoms with van der Waals surface area (Å²) in [6.45, 7) is 0.825. The van der Waals surface area contributed by atoms with Crippen molar-refractivity contribution < 1.29 is 13.9 Å². The molecule has 2 aromatic heterocycles. The number of carbonyl (C=O) groups excluding carboxylic acids is 1. The van der Waals surface area contributed by atoms with Gasteiger partial charge >= 0.3 is 0 Å². The summed E-state index contributed by atoms with van der Waals surface area (Å²) in [5.41, 5.74) is 2.80. The summed E-state index contributed by atoms with van der Waals surface area (Å²) < 4.78 is 12.0. The van der Waals surface area contributed by atoms with Crippen molar-refractivity contribution in [1.29, 1.82) is 0 Å². The maximum absolute atomic E-state index is 13.3. The Morgan fingerprint density at radius 3 is 2.73 bits per heavy atom. The average molecular weight is 461 g/mol. The van der Waals surface area contributed by atoms with Gasteiger partial charge in [-0.05, 0) is 61.1 Å². The van der Waals surface area contributed by atoms with Crippen molar-refractivity contribution in [3.05, 3.63) is 83.3 Å². The molecule has 0 radical (unpaired) electrons. The van der Waals surface area contributed by atoms with Crippen molar-refractivity contribution in [3.63, 3.8) is 0 Å². The molecule has 1 aliphatic heterocycles. The molecule has 3 heterocycles. The Balaban J connectivity index is 1.33. The van der Waals surface area contributed by atoms with Gasteiger partial charge in [0.2, 0.25) is 0 Å². The highest BCUT2D eigenvalue weighted by atomic mass is 32.1. The van der Waals surface area contributed by atoms with E-state index in [1.807, 2.05) is 66.5 Å². The lowest BCUT2D eigenvalue weighted by atomic mass is 10.0. The van der Waals surface area contributed by atoms with Crippen LogP contribution in [0.3, 0.4) is 0 Å². The highest BCUT2D eigenvalue weighted by Gasteiger charge is 2.35. The largest absolute Gasteiger partial charge is 0.497 e. The minimum atomic E-state index is -0.263. The number of nitrogens with zero attached hydrogens (tertiary/aromatic N) is 4. The van der Waals surface area contributed by atoms with Crippen molar-refractivity contribution in [3.8, 4) is 5.75 Å². The van der Waals surface area contributed by atoms with Crippen LogP contribution in [0.4, 0.5) is 0 Å². The van der Waals surface area contributed by atoms with Crippen molar-refractivity contribution in [2.45, 2.75) is 19.0 Å².